The van der Waals surface area contributed by atoms with Crippen LogP contribution < -0.4 is 10.4 Å². The Morgan fingerprint density at radius 2 is 1.39 bits per heavy atom. The molecule has 0 saturated heterocycles. The summed E-state index contributed by atoms with van der Waals surface area (Å²) in [6.45, 7) is 19.6. The quantitative estimate of drug-likeness (QED) is 0.281. The van der Waals surface area contributed by atoms with Gasteiger partial charge in [0.1, 0.15) is 0 Å². The molecular formula is C44H56. The molecule has 5 saturated carbocycles. The van der Waals surface area contributed by atoms with Crippen molar-refractivity contribution < 1.29 is 0 Å². The van der Waals surface area contributed by atoms with Crippen molar-refractivity contribution in [2.24, 2.45) is 29.1 Å². The zero-order chi connectivity index (χ0) is 30.8. The van der Waals surface area contributed by atoms with Crippen molar-refractivity contribution in [3.05, 3.63) is 74.2 Å². The molecule has 2 aromatic rings. The summed E-state index contributed by atoms with van der Waals surface area (Å²) in [5.74, 6) is 3.35. The molecule has 0 heteroatoms. The molecule has 0 aliphatic heterocycles. The summed E-state index contributed by atoms with van der Waals surface area (Å²) >= 11 is 0. The number of benzene rings is 2. The van der Waals surface area contributed by atoms with Crippen molar-refractivity contribution in [2.45, 2.75) is 137 Å². The van der Waals surface area contributed by atoms with Gasteiger partial charge in [-0.1, -0.05) is 90.3 Å². The molecule has 1 atom stereocenters. The number of hydrogen-bond donors (Lipinski definition) is 0. The van der Waals surface area contributed by atoms with E-state index in [0.717, 1.165) is 17.8 Å². The highest BCUT2D eigenvalue weighted by Crippen LogP contribution is 2.66. The number of rotatable bonds is 2. The van der Waals surface area contributed by atoms with E-state index in [9.17, 15) is 0 Å². The fourth-order valence-electron chi connectivity index (χ4n) is 11.7. The Bertz CT molecular complexity index is 1690. The molecule has 2 aromatic carbocycles. The van der Waals surface area contributed by atoms with Crippen LogP contribution in [0.3, 0.4) is 0 Å². The van der Waals surface area contributed by atoms with Gasteiger partial charge in [0.15, 0.2) is 0 Å². The lowest BCUT2D eigenvalue weighted by molar-refractivity contribution is -0.0288. The molecule has 0 nitrogen and oxygen atoms in total. The summed E-state index contributed by atoms with van der Waals surface area (Å²) in [7, 11) is 0. The minimum Gasteiger partial charge on any atom is -0.0740 e. The van der Waals surface area contributed by atoms with Crippen LogP contribution >= 0.6 is 0 Å². The molecule has 7 aliphatic rings. The monoisotopic (exact) mass is 584 g/mol. The summed E-state index contributed by atoms with van der Waals surface area (Å²) in [6, 6.07) is 10.1. The Balaban J connectivity index is 1.48. The largest absolute Gasteiger partial charge is 0.0740 e. The lowest BCUT2D eigenvalue weighted by Gasteiger charge is -2.58. The van der Waals surface area contributed by atoms with Crippen LogP contribution in [-0.2, 0) is 10.8 Å². The minimum atomic E-state index is 0.0686. The Labute approximate surface area is 267 Å². The van der Waals surface area contributed by atoms with E-state index in [1.165, 1.54) is 98.1 Å². The van der Waals surface area contributed by atoms with Gasteiger partial charge in [-0.05, 0) is 172 Å². The molecule has 44 heavy (non-hydrogen) atoms. The number of fused-ring (bicyclic) bond motifs is 3. The Morgan fingerprint density at radius 3 is 1.98 bits per heavy atom. The molecule has 7 aliphatic carbocycles. The molecule has 0 amide bonds. The first-order valence-corrected chi connectivity index (χ1v) is 18.3. The lowest BCUT2D eigenvalue weighted by atomic mass is 9.47. The zero-order valence-electron chi connectivity index (χ0n) is 29.1. The first-order valence-electron chi connectivity index (χ1n) is 18.3. The zero-order valence-corrected chi connectivity index (χ0v) is 29.1. The van der Waals surface area contributed by atoms with Gasteiger partial charge in [-0.15, -0.1) is 0 Å². The third-order valence-electron chi connectivity index (χ3n) is 12.9. The van der Waals surface area contributed by atoms with Crippen molar-refractivity contribution in [3.8, 4) is 11.1 Å². The van der Waals surface area contributed by atoms with Gasteiger partial charge >= 0.3 is 0 Å². The molecule has 9 rings (SSSR count). The van der Waals surface area contributed by atoms with Gasteiger partial charge < -0.3 is 0 Å². The fraction of sp³-hybridized carbons (Fsp3) is 0.591. The van der Waals surface area contributed by atoms with Crippen molar-refractivity contribution in [1.82, 2.24) is 0 Å². The predicted octanol–water partition coefficient (Wildman–Crippen LogP) is 10.8. The van der Waals surface area contributed by atoms with Gasteiger partial charge in [-0.3, -0.25) is 0 Å². The molecule has 4 bridgehead atoms. The normalized spacial score (nSPS) is 30.9. The summed E-state index contributed by atoms with van der Waals surface area (Å²) in [5, 5.41) is 3.14. The summed E-state index contributed by atoms with van der Waals surface area (Å²) < 4.78 is 0. The van der Waals surface area contributed by atoms with E-state index >= 15 is 0 Å². The molecule has 0 aromatic heterocycles. The second-order valence-corrected chi connectivity index (χ2v) is 18.4. The van der Waals surface area contributed by atoms with E-state index < -0.39 is 0 Å². The lowest BCUT2D eigenvalue weighted by Crippen LogP contribution is -2.47. The summed E-state index contributed by atoms with van der Waals surface area (Å²) in [4.78, 5) is 0. The Morgan fingerprint density at radius 1 is 0.750 bits per heavy atom. The van der Waals surface area contributed by atoms with E-state index in [1.54, 1.807) is 33.1 Å². The van der Waals surface area contributed by atoms with Crippen molar-refractivity contribution in [1.29, 1.82) is 0 Å². The third kappa shape index (κ3) is 4.43. The van der Waals surface area contributed by atoms with Gasteiger partial charge in [-0.2, -0.15) is 0 Å². The topological polar surface area (TPSA) is 0 Å². The van der Waals surface area contributed by atoms with Crippen LogP contribution in [0.1, 0.15) is 148 Å². The summed E-state index contributed by atoms with van der Waals surface area (Å²) in [6.07, 6.45) is 20.8. The molecule has 0 spiro atoms. The molecule has 0 heterocycles. The number of allylic oxidation sites excluding steroid dienone is 4. The van der Waals surface area contributed by atoms with Gasteiger partial charge in [0.05, 0.1) is 0 Å². The van der Waals surface area contributed by atoms with Crippen LogP contribution in [0.15, 0.2) is 41.5 Å². The molecule has 5 fully saturated rings. The molecule has 1 unspecified atom stereocenters. The SMILES string of the molecule is CC1=CC(C)C(c2c(C(C)(C)C)c(=C3CCCCC3)cc3c2=Cc2cc(C(C)(C)C)ccc2-3)=C1C12CC3CC(CC(C3)C1)C2. The first kappa shape index (κ1) is 29.1. The van der Waals surface area contributed by atoms with Crippen LogP contribution in [0.25, 0.3) is 28.3 Å². The molecular weight excluding hydrogens is 528 g/mol. The van der Waals surface area contributed by atoms with E-state index in [-0.39, 0.29) is 10.8 Å². The van der Waals surface area contributed by atoms with E-state index in [1.807, 2.05) is 5.57 Å². The minimum absolute atomic E-state index is 0.0686. The van der Waals surface area contributed by atoms with Crippen LogP contribution in [0.2, 0.25) is 0 Å². The first-order chi connectivity index (χ1) is 20.8. The van der Waals surface area contributed by atoms with Crippen LogP contribution in [-0.4, -0.2) is 0 Å². The maximum Gasteiger partial charge on any atom is 0.000469 e. The Kier molecular flexibility index (Phi) is 6.50. The number of hydrogen-bond acceptors (Lipinski definition) is 0. The molecule has 0 radical (unpaired) electrons. The summed E-state index contributed by atoms with van der Waals surface area (Å²) in [5.41, 5.74) is 16.6. The van der Waals surface area contributed by atoms with Crippen molar-refractivity contribution >= 4 is 17.2 Å². The van der Waals surface area contributed by atoms with Crippen molar-refractivity contribution in [2.75, 3.05) is 0 Å². The van der Waals surface area contributed by atoms with Crippen molar-refractivity contribution in [3.63, 3.8) is 0 Å². The average Bonchev–Trinajstić information content (AvgIpc) is 3.46. The maximum absolute atomic E-state index is 2.67. The third-order valence-corrected chi connectivity index (χ3v) is 12.9. The highest BCUT2D eigenvalue weighted by Gasteiger charge is 2.54. The maximum atomic E-state index is 2.67. The highest BCUT2D eigenvalue weighted by molar-refractivity contribution is 5.91. The smallest absolute Gasteiger partial charge is 0.000469 e. The van der Waals surface area contributed by atoms with E-state index in [0.29, 0.717) is 11.3 Å². The van der Waals surface area contributed by atoms with Gasteiger partial charge in [0, 0.05) is 5.92 Å². The van der Waals surface area contributed by atoms with Gasteiger partial charge in [-0.25, -0.2) is 0 Å². The van der Waals surface area contributed by atoms with Crippen LogP contribution in [0, 0.1) is 29.1 Å². The van der Waals surface area contributed by atoms with Crippen LogP contribution in [0.5, 0.6) is 0 Å². The van der Waals surface area contributed by atoms with E-state index in [4.69, 9.17) is 0 Å². The molecule has 0 N–H and O–H groups in total. The fourth-order valence-corrected chi connectivity index (χ4v) is 11.7. The van der Waals surface area contributed by atoms with Gasteiger partial charge in [0.2, 0.25) is 0 Å². The second kappa shape index (κ2) is 9.83. The molecule has 232 valence electrons. The predicted molar refractivity (Wildman–Crippen MR) is 189 cm³/mol. The standard InChI is InChI=1S/C44H56/c1-26-16-27(2)40(44-23-28-17-29(24-44)19-30(18-28)25-44)38(26)39-37-21-32-20-33(42(3,4)5)14-15-34(32)36(37)22-35(41(39)43(6,7)8)31-12-10-9-11-13-31/h14-16,20-22,26,28-30H,9-13,17-19,23-25H2,1-8H3. The second-order valence-electron chi connectivity index (χ2n) is 18.4. The van der Waals surface area contributed by atoms with E-state index in [2.05, 4.69) is 91.8 Å². The van der Waals surface area contributed by atoms with Crippen LogP contribution in [0.4, 0.5) is 0 Å². The van der Waals surface area contributed by atoms with Gasteiger partial charge in [0.25, 0.3) is 0 Å². The highest BCUT2D eigenvalue weighted by atomic mass is 14.6. The average molecular weight is 585 g/mol. The Hall–Kier alpha value is -2.34.